The van der Waals surface area contributed by atoms with Crippen molar-refractivity contribution in [3.05, 3.63) is 30.3 Å². The molecule has 0 aromatic heterocycles. The van der Waals surface area contributed by atoms with Gasteiger partial charge in [0.2, 0.25) is 0 Å². The fraction of sp³-hybridized carbons (Fsp3) is 0.562. The van der Waals surface area contributed by atoms with Crippen LogP contribution in [0.5, 0.6) is 0 Å². The number of nitrogens with zero attached hydrogens (tertiary/aromatic N) is 3. The van der Waals surface area contributed by atoms with Crippen LogP contribution in [-0.4, -0.2) is 49.8 Å². The van der Waals surface area contributed by atoms with Gasteiger partial charge in [0.25, 0.3) is 10.2 Å². The van der Waals surface area contributed by atoms with Crippen molar-refractivity contribution in [3.8, 4) is 6.07 Å². The second-order valence-corrected chi connectivity index (χ2v) is 8.06. The molecule has 1 saturated heterocycles. The van der Waals surface area contributed by atoms with Crippen molar-refractivity contribution in [2.75, 3.05) is 32.0 Å². The van der Waals surface area contributed by atoms with Gasteiger partial charge in [-0.15, -0.1) is 0 Å². The summed E-state index contributed by atoms with van der Waals surface area (Å²) in [5, 5.41) is 12.3. The van der Waals surface area contributed by atoms with Gasteiger partial charge in [-0.2, -0.15) is 22.3 Å². The maximum absolute atomic E-state index is 12.6. The summed E-state index contributed by atoms with van der Waals surface area (Å²) in [5.74, 6) is -0.321. The van der Waals surface area contributed by atoms with Crippen LogP contribution in [0.4, 0.5) is 5.69 Å². The molecule has 0 aliphatic carbocycles. The Kier molecular flexibility index (Phi) is 5.99. The predicted octanol–water partition coefficient (Wildman–Crippen LogP) is 1.90. The molecule has 0 amide bonds. The molecular weight excluding hydrogens is 312 g/mol. The lowest BCUT2D eigenvalue weighted by molar-refractivity contribution is 0.297. The summed E-state index contributed by atoms with van der Waals surface area (Å²) in [6, 6.07) is 12.0. The zero-order valence-corrected chi connectivity index (χ0v) is 14.5. The molecule has 23 heavy (non-hydrogen) atoms. The van der Waals surface area contributed by atoms with Gasteiger partial charge in [-0.05, 0) is 31.9 Å². The minimum atomic E-state index is -3.52. The second-order valence-electron chi connectivity index (χ2n) is 6.03. The van der Waals surface area contributed by atoms with Crippen molar-refractivity contribution in [2.24, 2.45) is 5.92 Å². The van der Waals surface area contributed by atoms with E-state index in [1.54, 1.807) is 6.92 Å². The molecule has 1 aromatic carbocycles. The van der Waals surface area contributed by atoms with Crippen LogP contribution in [0.25, 0.3) is 0 Å². The monoisotopic (exact) mass is 336 g/mol. The maximum Gasteiger partial charge on any atom is 0.281 e. The van der Waals surface area contributed by atoms with Crippen LogP contribution in [0.2, 0.25) is 0 Å². The Morgan fingerprint density at radius 1 is 1.43 bits per heavy atom. The quantitative estimate of drug-likeness (QED) is 0.861. The van der Waals surface area contributed by atoms with Crippen molar-refractivity contribution in [1.82, 2.24) is 8.61 Å². The number of para-hydroxylation sites is 1. The first-order valence-corrected chi connectivity index (χ1v) is 9.26. The molecule has 1 heterocycles. The number of anilines is 1. The molecule has 7 heteroatoms. The molecule has 1 N–H and O–H groups in total. The summed E-state index contributed by atoms with van der Waals surface area (Å²) >= 11 is 0. The zero-order chi connectivity index (χ0) is 16.9. The Hall–Kier alpha value is -1.62. The van der Waals surface area contributed by atoms with Gasteiger partial charge in [-0.1, -0.05) is 18.2 Å². The van der Waals surface area contributed by atoms with Crippen LogP contribution in [-0.2, 0) is 10.2 Å². The first-order chi connectivity index (χ1) is 10.9. The molecule has 0 unspecified atom stereocenters. The van der Waals surface area contributed by atoms with Gasteiger partial charge in [-0.25, -0.2) is 0 Å². The molecule has 0 spiro atoms. The SMILES string of the molecule is C[C@@H](C#N)CN(C)S(=O)(=O)N1CCC[C@@H](Nc2ccccc2)C1. The third-order valence-corrected chi connectivity index (χ3v) is 5.92. The molecule has 0 saturated carbocycles. The van der Waals surface area contributed by atoms with Crippen molar-refractivity contribution in [3.63, 3.8) is 0 Å². The van der Waals surface area contributed by atoms with Gasteiger partial charge in [0, 0.05) is 38.4 Å². The van der Waals surface area contributed by atoms with E-state index in [1.807, 2.05) is 30.3 Å². The van der Waals surface area contributed by atoms with E-state index >= 15 is 0 Å². The van der Waals surface area contributed by atoms with Crippen LogP contribution in [0.1, 0.15) is 19.8 Å². The molecule has 0 bridgehead atoms. The largest absolute Gasteiger partial charge is 0.381 e. The van der Waals surface area contributed by atoms with E-state index < -0.39 is 10.2 Å². The highest BCUT2D eigenvalue weighted by Crippen LogP contribution is 2.20. The minimum absolute atomic E-state index is 0.0997. The summed E-state index contributed by atoms with van der Waals surface area (Å²) in [4.78, 5) is 0. The van der Waals surface area contributed by atoms with E-state index in [0.717, 1.165) is 18.5 Å². The number of piperidine rings is 1. The van der Waals surface area contributed by atoms with Crippen LogP contribution >= 0.6 is 0 Å². The Labute approximate surface area is 138 Å². The van der Waals surface area contributed by atoms with E-state index in [2.05, 4.69) is 11.4 Å². The molecular formula is C16H24N4O2S. The lowest BCUT2D eigenvalue weighted by Crippen LogP contribution is -2.50. The highest BCUT2D eigenvalue weighted by molar-refractivity contribution is 7.86. The lowest BCUT2D eigenvalue weighted by atomic mass is 10.1. The van der Waals surface area contributed by atoms with Crippen molar-refractivity contribution in [2.45, 2.75) is 25.8 Å². The normalized spacial score (nSPS) is 20.9. The molecule has 2 rings (SSSR count). The van der Waals surface area contributed by atoms with Crippen molar-refractivity contribution < 1.29 is 8.42 Å². The molecule has 1 fully saturated rings. The maximum atomic E-state index is 12.6. The average Bonchev–Trinajstić information content (AvgIpc) is 2.55. The molecule has 2 atom stereocenters. The van der Waals surface area contributed by atoms with Gasteiger partial charge in [0.1, 0.15) is 0 Å². The van der Waals surface area contributed by atoms with Gasteiger partial charge in [-0.3, -0.25) is 0 Å². The number of hydrogen-bond acceptors (Lipinski definition) is 4. The topological polar surface area (TPSA) is 76.4 Å². The van der Waals surface area contributed by atoms with Crippen LogP contribution < -0.4 is 5.32 Å². The van der Waals surface area contributed by atoms with E-state index in [-0.39, 0.29) is 18.5 Å². The second kappa shape index (κ2) is 7.77. The fourth-order valence-corrected chi connectivity index (χ4v) is 4.29. The van der Waals surface area contributed by atoms with E-state index in [1.165, 1.54) is 15.7 Å². The van der Waals surface area contributed by atoms with Crippen molar-refractivity contribution >= 4 is 15.9 Å². The van der Waals surface area contributed by atoms with Gasteiger partial charge in [0.15, 0.2) is 0 Å². The number of nitrogens with one attached hydrogen (secondary N) is 1. The van der Waals surface area contributed by atoms with Crippen LogP contribution in [0.3, 0.4) is 0 Å². The summed E-state index contributed by atoms with van der Waals surface area (Å²) in [6.07, 6.45) is 1.77. The summed E-state index contributed by atoms with van der Waals surface area (Å²) in [7, 11) is -1.98. The number of rotatable bonds is 6. The van der Waals surface area contributed by atoms with Crippen molar-refractivity contribution in [1.29, 1.82) is 5.26 Å². The molecule has 1 aromatic rings. The third-order valence-electron chi connectivity index (χ3n) is 4.00. The van der Waals surface area contributed by atoms with Crippen LogP contribution in [0, 0.1) is 17.2 Å². The number of hydrogen-bond donors (Lipinski definition) is 1. The Morgan fingerprint density at radius 3 is 2.78 bits per heavy atom. The van der Waals surface area contributed by atoms with Gasteiger partial charge < -0.3 is 5.32 Å². The average molecular weight is 336 g/mol. The predicted molar refractivity (Wildman–Crippen MR) is 91.0 cm³/mol. The molecule has 6 nitrogen and oxygen atoms in total. The zero-order valence-electron chi connectivity index (χ0n) is 13.6. The molecule has 126 valence electrons. The fourth-order valence-electron chi connectivity index (χ4n) is 2.76. The lowest BCUT2D eigenvalue weighted by Gasteiger charge is -2.35. The van der Waals surface area contributed by atoms with Gasteiger partial charge >= 0.3 is 0 Å². The Morgan fingerprint density at radius 2 is 2.13 bits per heavy atom. The van der Waals surface area contributed by atoms with Gasteiger partial charge in [0.05, 0.1) is 12.0 Å². The summed E-state index contributed by atoms with van der Waals surface area (Å²) in [5.41, 5.74) is 1.00. The molecule has 1 aliphatic rings. The Balaban J connectivity index is 2.01. The Bertz CT molecular complexity index is 642. The molecule has 1 aliphatic heterocycles. The smallest absolute Gasteiger partial charge is 0.281 e. The standard InChI is InChI=1S/C16H24N4O2S/c1-14(11-17)12-19(2)23(21,22)20-10-6-9-16(13-20)18-15-7-4-3-5-8-15/h3-5,7-8,14,16,18H,6,9-10,12-13H2,1-2H3/t14-,16+/m0/s1. The van der Waals surface area contributed by atoms with E-state index in [9.17, 15) is 8.42 Å². The molecule has 0 radical (unpaired) electrons. The summed E-state index contributed by atoms with van der Waals surface area (Å²) in [6.45, 7) is 2.91. The summed E-state index contributed by atoms with van der Waals surface area (Å²) < 4.78 is 28.1. The number of benzene rings is 1. The highest BCUT2D eigenvalue weighted by Gasteiger charge is 2.32. The minimum Gasteiger partial charge on any atom is -0.381 e. The number of nitriles is 1. The van der Waals surface area contributed by atoms with Crippen LogP contribution in [0.15, 0.2) is 30.3 Å². The van der Waals surface area contributed by atoms with E-state index in [0.29, 0.717) is 13.1 Å². The third kappa shape index (κ3) is 4.67. The highest BCUT2D eigenvalue weighted by atomic mass is 32.2. The first-order valence-electron chi connectivity index (χ1n) is 7.86. The first kappa shape index (κ1) is 17.7. The van der Waals surface area contributed by atoms with E-state index in [4.69, 9.17) is 5.26 Å².